The zero-order valence-corrected chi connectivity index (χ0v) is 7.23. The summed E-state index contributed by atoms with van der Waals surface area (Å²) in [6.07, 6.45) is 0.370. The van der Waals surface area contributed by atoms with E-state index in [-0.39, 0.29) is 0 Å². The van der Waals surface area contributed by atoms with Gasteiger partial charge in [0.2, 0.25) is 0 Å². The molecule has 2 heteroatoms. The van der Waals surface area contributed by atoms with Crippen molar-refractivity contribution in [3.8, 4) is 0 Å². The molecule has 0 spiro atoms. The Bertz CT molecular complexity index is 48.5. The molecule has 2 unspecified atom stereocenters. The first-order valence-electron chi connectivity index (χ1n) is 2.81. The van der Waals surface area contributed by atoms with Crippen molar-refractivity contribution in [2.24, 2.45) is 5.92 Å². The number of halogens is 1. The van der Waals surface area contributed by atoms with Crippen LogP contribution in [0.4, 0.5) is 0 Å². The summed E-state index contributed by atoms with van der Waals surface area (Å²) in [6, 6.07) is 0. The molecule has 0 saturated carbocycles. The second kappa shape index (κ2) is 4.33. The molecule has 0 aliphatic carbocycles. The Hall–Kier alpha value is 0.440. The molecule has 0 N–H and O–H groups in total. The number of methoxy groups -OCH3 is 1. The van der Waals surface area contributed by atoms with Gasteiger partial charge in [0.05, 0.1) is 6.10 Å². The molecule has 0 aromatic rings. The van der Waals surface area contributed by atoms with Gasteiger partial charge in [0.15, 0.2) is 0 Å². The standard InChI is InChI=1S/C6H13BrO/c1-5(4-7)6(2)8-3/h5-6H,4H2,1-3H3. The van der Waals surface area contributed by atoms with E-state index in [1.54, 1.807) is 7.11 Å². The van der Waals surface area contributed by atoms with E-state index in [9.17, 15) is 0 Å². The topological polar surface area (TPSA) is 9.23 Å². The Morgan fingerprint density at radius 3 is 2.12 bits per heavy atom. The minimum atomic E-state index is 0.370. The summed E-state index contributed by atoms with van der Waals surface area (Å²) in [6.45, 7) is 4.23. The highest BCUT2D eigenvalue weighted by atomic mass is 79.9. The summed E-state index contributed by atoms with van der Waals surface area (Å²) in [5.41, 5.74) is 0. The summed E-state index contributed by atoms with van der Waals surface area (Å²) in [5, 5.41) is 1.02. The van der Waals surface area contributed by atoms with Crippen molar-refractivity contribution in [2.45, 2.75) is 20.0 Å². The van der Waals surface area contributed by atoms with Crippen LogP contribution in [0.3, 0.4) is 0 Å². The second-order valence-corrected chi connectivity index (χ2v) is 2.72. The fourth-order valence-corrected chi connectivity index (χ4v) is 0.884. The molecule has 0 aliphatic heterocycles. The molecule has 0 radical (unpaired) electrons. The second-order valence-electron chi connectivity index (χ2n) is 2.07. The van der Waals surface area contributed by atoms with Crippen molar-refractivity contribution in [1.82, 2.24) is 0 Å². The van der Waals surface area contributed by atoms with Crippen LogP contribution in [0.1, 0.15) is 13.8 Å². The Kier molecular flexibility index (Phi) is 4.57. The Morgan fingerprint density at radius 1 is 1.50 bits per heavy atom. The lowest BCUT2D eigenvalue weighted by molar-refractivity contribution is 0.0825. The van der Waals surface area contributed by atoms with E-state index in [1.807, 2.05) is 0 Å². The van der Waals surface area contributed by atoms with Crippen molar-refractivity contribution in [1.29, 1.82) is 0 Å². The van der Waals surface area contributed by atoms with Gasteiger partial charge in [-0.15, -0.1) is 0 Å². The SMILES string of the molecule is COC(C)C(C)CBr. The maximum absolute atomic E-state index is 5.07. The number of hydrogen-bond donors (Lipinski definition) is 0. The van der Waals surface area contributed by atoms with Crippen LogP contribution >= 0.6 is 15.9 Å². The van der Waals surface area contributed by atoms with Gasteiger partial charge in [-0.05, 0) is 12.8 Å². The fraction of sp³-hybridized carbons (Fsp3) is 1.00. The van der Waals surface area contributed by atoms with E-state index in [4.69, 9.17) is 4.74 Å². The minimum absolute atomic E-state index is 0.370. The molecule has 0 rings (SSSR count). The Balaban J connectivity index is 3.29. The van der Waals surface area contributed by atoms with Crippen molar-refractivity contribution < 1.29 is 4.74 Å². The monoisotopic (exact) mass is 180 g/mol. The van der Waals surface area contributed by atoms with E-state index in [0.717, 1.165) is 5.33 Å². The first-order valence-corrected chi connectivity index (χ1v) is 3.93. The highest BCUT2D eigenvalue weighted by Gasteiger charge is 2.07. The molecular formula is C6H13BrO. The highest BCUT2D eigenvalue weighted by Crippen LogP contribution is 2.07. The van der Waals surface area contributed by atoms with Gasteiger partial charge in [0.1, 0.15) is 0 Å². The maximum Gasteiger partial charge on any atom is 0.0576 e. The number of alkyl halides is 1. The highest BCUT2D eigenvalue weighted by molar-refractivity contribution is 9.09. The largest absolute Gasteiger partial charge is 0.381 e. The smallest absolute Gasteiger partial charge is 0.0576 e. The van der Waals surface area contributed by atoms with Crippen molar-refractivity contribution >= 4 is 15.9 Å². The van der Waals surface area contributed by atoms with Crippen molar-refractivity contribution in [2.75, 3.05) is 12.4 Å². The summed E-state index contributed by atoms with van der Waals surface area (Å²) in [7, 11) is 1.74. The zero-order chi connectivity index (χ0) is 6.57. The first kappa shape index (κ1) is 8.44. The van der Waals surface area contributed by atoms with Gasteiger partial charge in [-0.1, -0.05) is 22.9 Å². The van der Waals surface area contributed by atoms with Crippen LogP contribution in [0.5, 0.6) is 0 Å². The molecule has 0 aromatic heterocycles. The molecule has 0 heterocycles. The van der Waals surface area contributed by atoms with E-state index in [2.05, 4.69) is 29.8 Å². The first-order chi connectivity index (χ1) is 3.72. The number of ether oxygens (including phenoxy) is 1. The van der Waals surface area contributed by atoms with Gasteiger partial charge in [0, 0.05) is 12.4 Å². The molecular weight excluding hydrogens is 168 g/mol. The Morgan fingerprint density at radius 2 is 2.00 bits per heavy atom. The van der Waals surface area contributed by atoms with E-state index >= 15 is 0 Å². The van der Waals surface area contributed by atoms with E-state index in [0.29, 0.717) is 12.0 Å². The summed E-state index contributed by atoms with van der Waals surface area (Å²) >= 11 is 3.38. The van der Waals surface area contributed by atoms with E-state index < -0.39 is 0 Å². The minimum Gasteiger partial charge on any atom is -0.381 e. The molecule has 50 valence electrons. The zero-order valence-electron chi connectivity index (χ0n) is 5.65. The van der Waals surface area contributed by atoms with E-state index in [1.165, 1.54) is 0 Å². The quantitative estimate of drug-likeness (QED) is 0.605. The van der Waals surface area contributed by atoms with Crippen LogP contribution in [0.25, 0.3) is 0 Å². The normalized spacial score (nSPS) is 18.0. The predicted octanol–water partition coefficient (Wildman–Crippen LogP) is 2.05. The van der Waals surface area contributed by atoms with Crippen LogP contribution in [-0.4, -0.2) is 18.5 Å². The van der Waals surface area contributed by atoms with Gasteiger partial charge < -0.3 is 4.74 Å². The predicted molar refractivity (Wildman–Crippen MR) is 39.4 cm³/mol. The average molecular weight is 181 g/mol. The molecule has 0 aromatic carbocycles. The molecule has 1 nitrogen and oxygen atoms in total. The molecule has 2 atom stereocenters. The summed E-state index contributed by atoms with van der Waals surface area (Å²) < 4.78 is 5.07. The van der Waals surface area contributed by atoms with Gasteiger partial charge in [-0.3, -0.25) is 0 Å². The summed E-state index contributed by atoms with van der Waals surface area (Å²) in [4.78, 5) is 0. The lowest BCUT2D eigenvalue weighted by Crippen LogP contribution is -2.16. The van der Waals surface area contributed by atoms with Crippen LogP contribution in [0.2, 0.25) is 0 Å². The lowest BCUT2D eigenvalue weighted by Gasteiger charge is -2.14. The molecule has 0 saturated heterocycles. The maximum atomic E-state index is 5.07. The van der Waals surface area contributed by atoms with Crippen LogP contribution in [0.15, 0.2) is 0 Å². The van der Waals surface area contributed by atoms with Crippen molar-refractivity contribution in [3.63, 3.8) is 0 Å². The third kappa shape index (κ3) is 2.68. The average Bonchev–Trinajstić information content (AvgIpc) is 1.84. The molecule has 0 amide bonds. The van der Waals surface area contributed by atoms with Crippen LogP contribution < -0.4 is 0 Å². The molecule has 8 heavy (non-hydrogen) atoms. The number of hydrogen-bond acceptors (Lipinski definition) is 1. The Labute approximate surface area is 59.5 Å². The number of rotatable bonds is 3. The molecule has 0 aliphatic rings. The third-order valence-corrected chi connectivity index (χ3v) is 2.44. The van der Waals surface area contributed by atoms with Gasteiger partial charge in [-0.2, -0.15) is 0 Å². The lowest BCUT2D eigenvalue weighted by atomic mass is 10.1. The van der Waals surface area contributed by atoms with Gasteiger partial charge in [-0.25, -0.2) is 0 Å². The fourth-order valence-electron chi connectivity index (χ4n) is 0.358. The van der Waals surface area contributed by atoms with Crippen molar-refractivity contribution in [3.05, 3.63) is 0 Å². The van der Waals surface area contributed by atoms with Gasteiger partial charge in [0.25, 0.3) is 0 Å². The third-order valence-electron chi connectivity index (χ3n) is 1.42. The molecule has 0 bridgehead atoms. The van der Waals surface area contributed by atoms with Crippen LogP contribution in [0, 0.1) is 5.92 Å². The molecule has 0 fully saturated rings. The summed E-state index contributed by atoms with van der Waals surface area (Å²) in [5.74, 6) is 0.611. The van der Waals surface area contributed by atoms with Gasteiger partial charge >= 0.3 is 0 Å². The van der Waals surface area contributed by atoms with Crippen LogP contribution in [-0.2, 0) is 4.74 Å².